The van der Waals surface area contributed by atoms with E-state index in [4.69, 9.17) is 0 Å². The summed E-state index contributed by atoms with van der Waals surface area (Å²) >= 11 is 0. The molecule has 0 amide bonds. The van der Waals surface area contributed by atoms with Crippen molar-refractivity contribution in [3.8, 4) is 0 Å². The molecule has 0 aliphatic carbocycles. The van der Waals surface area contributed by atoms with Crippen LogP contribution in [0.4, 0.5) is 5.69 Å². The van der Waals surface area contributed by atoms with Crippen LogP contribution in [-0.4, -0.2) is 19.1 Å². The zero-order valence-corrected chi connectivity index (χ0v) is 7.93. The molecule has 0 spiro atoms. The molecular formula is C9H14N2O. The van der Waals surface area contributed by atoms with Gasteiger partial charge in [0, 0.05) is 19.8 Å². The van der Waals surface area contributed by atoms with Crippen LogP contribution in [0.5, 0.6) is 0 Å². The van der Waals surface area contributed by atoms with Gasteiger partial charge in [-0.3, -0.25) is 4.79 Å². The third kappa shape index (κ3) is 1.49. The Hall–Kier alpha value is -1.25. The molecule has 1 aromatic rings. The molecule has 0 radical (unpaired) electrons. The van der Waals surface area contributed by atoms with Crippen molar-refractivity contribution in [3.05, 3.63) is 27.7 Å². The van der Waals surface area contributed by atoms with Crippen LogP contribution in [0.3, 0.4) is 0 Å². The number of rotatable bonds is 1. The number of hydrogen-bond acceptors (Lipinski definition) is 2. The molecule has 0 bridgehead atoms. The summed E-state index contributed by atoms with van der Waals surface area (Å²) in [5.41, 5.74) is 2.64. The lowest BCUT2D eigenvalue weighted by molar-refractivity contribution is 1.04. The summed E-state index contributed by atoms with van der Waals surface area (Å²) in [7, 11) is 3.74. The highest BCUT2D eigenvalue weighted by Gasteiger charge is 2.05. The second-order valence-corrected chi connectivity index (χ2v) is 3.21. The van der Waals surface area contributed by atoms with Gasteiger partial charge in [-0.15, -0.1) is 0 Å². The molecule has 1 aromatic heterocycles. The van der Waals surface area contributed by atoms with Gasteiger partial charge in [0.15, 0.2) is 0 Å². The minimum absolute atomic E-state index is 0.0162. The van der Waals surface area contributed by atoms with Gasteiger partial charge < -0.3 is 9.88 Å². The number of aromatic amines is 1. The molecule has 1 rings (SSSR count). The predicted molar refractivity (Wildman–Crippen MR) is 50.9 cm³/mol. The topological polar surface area (TPSA) is 36.1 Å². The first kappa shape index (κ1) is 8.84. The fraction of sp³-hybridized carbons (Fsp3) is 0.444. The van der Waals surface area contributed by atoms with E-state index in [-0.39, 0.29) is 5.56 Å². The fourth-order valence-electron chi connectivity index (χ4n) is 1.40. The number of anilines is 1. The maximum absolute atomic E-state index is 11.4. The van der Waals surface area contributed by atoms with Gasteiger partial charge in [-0.2, -0.15) is 0 Å². The summed E-state index contributed by atoms with van der Waals surface area (Å²) < 4.78 is 0. The summed E-state index contributed by atoms with van der Waals surface area (Å²) in [6, 6.07) is 1.97. The summed E-state index contributed by atoms with van der Waals surface area (Å²) in [5, 5.41) is 0. The molecule has 3 nitrogen and oxygen atoms in total. The Labute approximate surface area is 72.0 Å². The molecule has 66 valence electrons. The highest BCUT2D eigenvalue weighted by molar-refractivity contribution is 5.50. The van der Waals surface area contributed by atoms with E-state index < -0.39 is 0 Å². The normalized spacial score (nSPS) is 10.0. The lowest BCUT2D eigenvalue weighted by Crippen LogP contribution is -2.22. The van der Waals surface area contributed by atoms with Crippen LogP contribution in [0.25, 0.3) is 0 Å². The fourth-order valence-corrected chi connectivity index (χ4v) is 1.40. The number of hydrogen-bond donors (Lipinski definition) is 1. The van der Waals surface area contributed by atoms with E-state index in [1.165, 1.54) is 0 Å². The molecule has 3 heteroatoms. The van der Waals surface area contributed by atoms with Crippen molar-refractivity contribution in [1.82, 2.24) is 4.98 Å². The number of aryl methyl sites for hydroxylation is 2. The monoisotopic (exact) mass is 166 g/mol. The van der Waals surface area contributed by atoms with Crippen molar-refractivity contribution in [2.45, 2.75) is 13.8 Å². The maximum Gasteiger partial charge on any atom is 0.271 e. The molecule has 0 unspecified atom stereocenters. The smallest absolute Gasteiger partial charge is 0.271 e. The van der Waals surface area contributed by atoms with Crippen molar-refractivity contribution in [2.24, 2.45) is 0 Å². The Kier molecular flexibility index (Phi) is 2.22. The first-order valence-electron chi connectivity index (χ1n) is 3.90. The van der Waals surface area contributed by atoms with Crippen molar-refractivity contribution >= 4 is 5.69 Å². The zero-order valence-electron chi connectivity index (χ0n) is 7.93. The van der Waals surface area contributed by atoms with Crippen molar-refractivity contribution < 1.29 is 0 Å². The average molecular weight is 166 g/mol. The Morgan fingerprint density at radius 1 is 1.33 bits per heavy atom. The number of nitrogens with one attached hydrogen (secondary N) is 1. The average Bonchev–Trinajstić information content (AvgIpc) is 1.82. The van der Waals surface area contributed by atoms with Crippen molar-refractivity contribution in [3.63, 3.8) is 0 Å². The van der Waals surface area contributed by atoms with Crippen molar-refractivity contribution in [1.29, 1.82) is 0 Å². The van der Waals surface area contributed by atoms with Gasteiger partial charge in [-0.05, 0) is 25.5 Å². The van der Waals surface area contributed by atoms with E-state index in [0.717, 1.165) is 16.9 Å². The Bertz CT molecular complexity index is 339. The molecule has 0 fully saturated rings. The first-order chi connectivity index (χ1) is 5.52. The van der Waals surface area contributed by atoms with E-state index in [1.807, 2.05) is 38.9 Å². The Morgan fingerprint density at radius 3 is 2.33 bits per heavy atom. The van der Waals surface area contributed by atoms with E-state index >= 15 is 0 Å². The first-order valence-corrected chi connectivity index (χ1v) is 3.90. The van der Waals surface area contributed by atoms with Crippen LogP contribution < -0.4 is 10.5 Å². The number of nitrogens with zero attached hydrogens (tertiary/aromatic N) is 1. The number of pyridine rings is 1. The molecule has 12 heavy (non-hydrogen) atoms. The molecule has 0 aromatic carbocycles. The third-order valence-corrected chi connectivity index (χ3v) is 1.78. The van der Waals surface area contributed by atoms with Gasteiger partial charge in [-0.1, -0.05) is 0 Å². The molecule has 1 heterocycles. The van der Waals surface area contributed by atoms with Gasteiger partial charge >= 0.3 is 0 Å². The highest BCUT2D eigenvalue weighted by atomic mass is 16.1. The Morgan fingerprint density at radius 2 is 1.92 bits per heavy atom. The van der Waals surface area contributed by atoms with E-state index in [1.54, 1.807) is 0 Å². The van der Waals surface area contributed by atoms with E-state index in [9.17, 15) is 4.79 Å². The van der Waals surface area contributed by atoms with Crippen LogP contribution in [0.1, 0.15) is 11.3 Å². The number of H-pyrrole nitrogens is 1. The summed E-state index contributed by atoms with van der Waals surface area (Å²) in [5.74, 6) is 0. The molecule has 0 aliphatic heterocycles. The summed E-state index contributed by atoms with van der Waals surface area (Å²) in [6.45, 7) is 3.82. The minimum Gasteiger partial charge on any atom is -0.373 e. The third-order valence-electron chi connectivity index (χ3n) is 1.78. The molecular weight excluding hydrogens is 152 g/mol. The van der Waals surface area contributed by atoms with Crippen LogP contribution in [0, 0.1) is 13.8 Å². The standard InChI is InChI=1S/C9H14N2O/c1-6-5-7(2)10-9(12)8(6)11(3)4/h5H,1-4H3,(H,10,12). The van der Waals surface area contributed by atoms with Crippen LogP contribution in [0.15, 0.2) is 10.9 Å². The molecule has 0 atom stereocenters. The van der Waals surface area contributed by atoms with Crippen LogP contribution >= 0.6 is 0 Å². The predicted octanol–water partition coefficient (Wildman–Crippen LogP) is 1.06. The highest BCUT2D eigenvalue weighted by Crippen LogP contribution is 2.10. The van der Waals surface area contributed by atoms with Gasteiger partial charge in [-0.25, -0.2) is 0 Å². The lowest BCUT2D eigenvalue weighted by Gasteiger charge is -2.14. The van der Waals surface area contributed by atoms with Crippen molar-refractivity contribution in [2.75, 3.05) is 19.0 Å². The quantitative estimate of drug-likeness (QED) is 0.677. The minimum atomic E-state index is -0.0162. The molecule has 0 saturated carbocycles. The largest absolute Gasteiger partial charge is 0.373 e. The second kappa shape index (κ2) is 3.01. The zero-order chi connectivity index (χ0) is 9.30. The van der Waals surface area contributed by atoms with Crippen LogP contribution in [0.2, 0.25) is 0 Å². The second-order valence-electron chi connectivity index (χ2n) is 3.21. The van der Waals surface area contributed by atoms with E-state index in [2.05, 4.69) is 4.98 Å². The molecule has 0 aliphatic rings. The Balaban J connectivity index is 3.39. The molecule has 1 N–H and O–H groups in total. The van der Waals surface area contributed by atoms with Crippen LogP contribution in [-0.2, 0) is 0 Å². The van der Waals surface area contributed by atoms with Gasteiger partial charge in [0.25, 0.3) is 5.56 Å². The lowest BCUT2D eigenvalue weighted by atomic mass is 10.2. The SMILES string of the molecule is Cc1cc(C)c(N(C)C)c(=O)[nH]1. The summed E-state index contributed by atoms with van der Waals surface area (Å²) in [4.78, 5) is 16.0. The summed E-state index contributed by atoms with van der Waals surface area (Å²) in [6.07, 6.45) is 0. The number of aromatic nitrogens is 1. The molecule has 0 saturated heterocycles. The van der Waals surface area contributed by atoms with Gasteiger partial charge in [0.1, 0.15) is 5.69 Å². The van der Waals surface area contributed by atoms with Gasteiger partial charge in [0.05, 0.1) is 0 Å². The van der Waals surface area contributed by atoms with Gasteiger partial charge in [0.2, 0.25) is 0 Å². The maximum atomic E-state index is 11.4. The van der Waals surface area contributed by atoms with E-state index in [0.29, 0.717) is 0 Å².